The lowest BCUT2D eigenvalue weighted by Crippen LogP contribution is -2.23. The summed E-state index contributed by atoms with van der Waals surface area (Å²) in [6.45, 7) is 6.21. The number of thiophene rings is 1. The van der Waals surface area contributed by atoms with E-state index < -0.39 is 0 Å². The van der Waals surface area contributed by atoms with Crippen LogP contribution in [-0.4, -0.2) is 36.8 Å². The molecule has 24 heavy (non-hydrogen) atoms. The van der Waals surface area contributed by atoms with Gasteiger partial charge in [-0.3, -0.25) is 15.1 Å². The molecule has 1 aliphatic heterocycles. The van der Waals surface area contributed by atoms with Crippen molar-refractivity contribution in [2.75, 3.05) is 6.54 Å². The number of likely N-dealkylation sites (tertiary alicyclic amines) is 1. The highest BCUT2D eigenvalue weighted by molar-refractivity contribution is 7.13. The van der Waals surface area contributed by atoms with Crippen molar-refractivity contribution in [3.63, 3.8) is 0 Å². The second-order valence-corrected chi connectivity index (χ2v) is 7.56. The molecule has 4 rings (SSSR count). The van der Waals surface area contributed by atoms with Crippen LogP contribution in [0.2, 0.25) is 0 Å². The van der Waals surface area contributed by atoms with E-state index in [1.54, 1.807) is 11.3 Å². The zero-order chi connectivity index (χ0) is 16.5. The molecule has 1 fully saturated rings. The predicted molar refractivity (Wildman–Crippen MR) is 94.8 cm³/mol. The van der Waals surface area contributed by atoms with Gasteiger partial charge in [0.25, 0.3) is 0 Å². The molecule has 1 unspecified atom stereocenters. The first-order valence-electron chi connectivity index (χ1n) is 8.44. The van der Waals surface area contributed by atoms with E-state index in [0.717, 1.165) is 36.9 Å². The number of aromatic nitrogens is 5. The maximum absolute atomic E-state index is 4.71. The first-order valence-corrected chi connectivity index (χ1v) is 9.32. The zero-order valence-electron chi connectivity index (χ0n) is 14.0. The van der Waals surface area contributed by atoms with E-state index in [1.165, 1.54) is 16.9 Å². The van der Waals surface area contributed by atoms with E-state index in [4.69, 9.17) is 4.98 Å². The topological polar surface area (TPSA) is 73.5 Å². The average Bonchev–Trinajstić information content (AvgIpc) is 3.35. The fraction of sp³-hybridized carbons (Fsp3) is 0.471. The first kappa shape index (κ1) is 15.5. The number of nitrogens with zero attached hydrogens (tertiary/aromatic N) is 4. The molecule has 0 saturated carbocycles. The van der Waals surface area contributed by atoms with Gasteiger partial charge in [-0.2, -0.15) is 10.2 Å². The zero-order valence-corrected chi connectivity index (χ0v) is 14.8. The van der Waals surface area contributed by atoms with Crippen LogP contribution in [0.3, 0.4) is 0 Å². The van der Waals surface area contributed by atoms with Crippen LogP contribution in [0.5, 0.6) is 0 Å². The lowest BCUT2D eigenvalue weighted by Gasteiger charge is -2.22. The number of hydrogen-bond donors (Lipinski definition) is 2. The van der Waals surface area contributed by atoms with Gasteiger partial charge in [0.2, 0.25) is 0 Å². The summed E-state index contributed by atoms with van der Waals surface area (Å²) in [5.41, 5.74) is 2.38. The van der Waals surface area contributed by atoms with Crippen molar-refractivity contribution in [2.45, 2.75) is 45.2 Å². The molecule has 1 saturated heterocycles. The number of hydrogen-bond acceptors (Lipinski definition) is 5. The number of nitrogens with one attached hydrogen (secondary N) is 2. The van der Waals surface area contributed by atoms with Crippen LogP contribution in [-0.2, 0) is 6.54 Å². The Morgan fingerprint density at radius 3 is 3.04 bits per heavy atom. The van der Waals surface area contributed by atoms with Gasteiger partial charge in [0.05, 0.1) is 22.8 Å². The molecule has 0 radical (unpaired) electrons. The molecule has 0 amide bonds. The minimum atomic E-state index is 0.316. The number of aromatic amines is 2. The van der Waals surface area contributed by atoms with Gasteiger partial charge in [-0.25, -0.2) is 4.98 Å². The summed E-state index contributed by atoms with van der Waals surface area (Å²) in [5, 5.41) is 17.0. The molecule has 0 aliphatic carbocycles. The summed E-state index contributed by atoms with van der Waals surface area (Å²) in [5.74, 6) is 2.25. The second kappa shape index (κ2) is 6.49. The Morgan fingerprint density at radius 2 is 2.29 bits per heavy atom. The van der Waals surface area contributed by atoms with Crippen molar-refractivity contribution >= 4 is 11.3 Å². The highest BCUT2D eigenvalue weighted by Crippen LogP contribution is 2.34. The molecule has 1 aliphatic rings. The van der Waals surface area contributed by atoms with Gasteiger partial charge in [-0.05, 0) is 30.8 Å². The SMILES string of the molecule is CC(C)c1n[nH]c(C2CCCN2Cc2cn[nH]c2-c2cccs2)n1. The third-order valence-electron chi connectivity index (χ3n) is 4.57. The Kier molecular flexibility index (Phi) is 4.20. The molecule has 126 valence electrons. The molecular weight excluding hydrogens is 320 g/mol. The lowest BCUT2D eigenvalue weighted by molar-refractivity contribution is 0.240. The molecule has 3 aromatic rings. The van der Waals surface area contributed by atoms with Crippen LogP contribution >= 0.6 is 11.3 Å². The fourth-order valence-corrected chi connectivity index (χ4v) is 4.06. The van der Waals surface area contributed by atoms with Crippen molar-refractivity contribution in [1.29, 1.82) is 0 Å². The maximum Gasteiger partial charge on any atom is 0.153 e. The Morgan fingerprint density at radius 1 is 1.38 bits per heavy atom. The van der Waals surface area contributed by atoms with E-state index in [1.807, 2.05) is 6.20 Å². The fourth-order valence-electron chi connectivity index (χ4n) is 3.30. The van der Waals surface area contributed by atoms with Gasteiger partial charge in [-0.1, -0.05) is 19.9 Å². The molecule has 2 N–H and O–H groups in total. The van der Waals surface area contributed by atoms with Crippen molar-refractivity contribution in [3.05, 3.63) is 40.9 Å². The molecule has 7 heteroatoms. The summed E-state index contributed by atoms with van der Waals surface area (Å²) >= 11 is 1.74. The van der Waals surface area contributed by atoms with Crippen LogP contribution < -0.4 is 0 Å². The van der Waals surface area contributed by atoms with Crippen molar-refractivity contribution in [2.24, 2.45) is 0 Å². The second-order valence-electron chi connectivity index (χ2n) is 6.61. The molecule has 4 heterocycles. The van der Waals surface area contributed by atoms with Gasteiger partial charge in [0, 0.05) is 18.0 Å². The summed E-state index contributed by atoms with van der Waals surface area (Å²) in [4.78, 5) is 8.43. The third kappa shape index (κ3) is 2.89. The molecule has 1 atom stereocenters. The largest absolute Gasteiger partial charge is 0.289 e. The number of rotatable bonds is 5. The van der Waals surface area contributed by atoms with Crippen LogP contribution in [0.4, 0.5) is 0 Å². The molecule has 3 aromatic heterocycles. The Hall–Kier alpha value is -1.99. The Labute approximate surface area is 145 Å². The maximum atomic E-state index is 4.71. The Bertz CT molecular complexity index is 788. The lowest BCUT2D eigenvalue weighted by atomic mass is 10.1. The van der Waals surface area contributed by atoms with Crippen LogP contribution in [0.15, 0.2) is 23.7 Å². The van der Waals surface area contributed by atoms with Crippen LogP contribution in [0, 0.1) is 0 Å². The van der Waals surface area contributed by atoms with Crippen LogP contribution in [0.25, 0.3) is 10.6 Å². The van der Waals surface area contributed by atoms with Gasteiger partial charge >= 0.3 is 0 Å². The van der Waals surface area contributed by atoms with Gasteiger partial charge in [0.1, 0.15) is 5.82 Å². The van der Waals surface area contributed by atoms with Crippen molar-refractivity contribution in [1.82, 2.24) is 30.3 Å². The molecule has 0 bridgehead atoms. The monoisotopic (exact) mass is 342 g/mol. The summed E-state index contributed by atoms with van der Waals surface area (Å²) in [6.07, 6.45) is 4.26. The van der Waals surface area contributed by atoms with Crippen molar-refractivity contribution in [3.8, 4) is 10.6 Å². The summed E-state index contributed by atoms with van der Waals surface area (Å²) in [7, 11) is 0. The van der Waals surface area contributed by atoms with Gasteiger partial charge < -0.3 is 0 Å². The normalized spacial score (nSPS) is 18.7. The molecule has 6 nitrogen and oxygen atoms in total. The minimum absolute atomic E-state index is 0.316. The van der Waals surface area contributed by atoms with Crippen LogP contribution in [0.1, 0.15) is 55.9 Å². The number of H-pyrrole nitrogens is 2. The highest BCUT2D eigenvalue weighted by Gasteiger charge is 2.30. The molecule has 0 aromatic carbocycles. The average molecular weight is 342 g/mol. The third-order valence-corrected chi connectivity index (χ3v) is 5.46. The van der Waals surface area contributed by atoms with E-state index in [-0.39, 0.29) is 0 Å². The van der Waals surface area contributed by atoms with Crippen molar-refractivity contribution < 1.29 is 0 Å². The van der Waals surface area contributed by atoms with E-state index in [2.05, 4.69) is 56.7 Å². The quantitative estimate of drug-likeness (QED) is 0.741. The molecule has 0 spiro atoms. The van der Waals surface area contributed by atoms with Gasteiger partial charge in [-0.15, -0.1) is 11.3 Å². The summed E-state index contributed by atoms with van der Waals surface area (Å²) < 4.78 is 0. The highest BCUT2D eigenvalue weighted by atomic mass is 32.1. The smallest absolute Gasteiger partial charge is 0.153 e. The minimum Gasteiger partial charge on any atom is -0.289 e. The molecular formula is C17H22N6S. The van der Waals surface area contributed by atoms with E-state index in [9.17, 15) is 0 Å². The van der Waals surface area contributed by atoms with Gasteiger partial charge in [0.15, 0.2) is 5.82 Å². The van der Waals surface area contributed by atoms with E-state index >= 15 is 0 Å². The standard InChI is InChI=1S/C17H22N6S/c1-11(2)16-19-17(22-21-16)13-5-3-7-23(13)10-12-9-18-20-15(12)14-6-4-8-24-14/h4,6,8-9,11,13H,3,5,7,10H2,1-2H3,(H,18,20)(H,19,21,22). The predicted octanol–water partition coefficient (Wildman–Crippen LogP) is 3.72. The first-order chi connectivity index (χ1) is 11.7. The Balaban J connectivity index is 1.55. The summed E-state index contributed by atoms with van der Waals surface area (Å²) in [6, 6.07) is 4.52. The van der Waals surface area contributed by atoms with E-state index in [0.29, 0.717) is 12.0 Å².